The van der Waals surface area contributed by atoms with Gasteiger partial charge in [0, 0.05) is 15.8 Å². The summed E-state index contributed by atoms with van der Waals surface area (Å²) in [6.07, 6.45) is 0. The highest BCUT2D eigenvalue weighted by Gasteiger charge is 2.14. The Morgan fingerprint density at radius 1 is 1.04 bits per heavy atom. The van der Waals surface area contributed by atoms with Crippen LogP contribution >= 0.6 is 23.1 Å². The molecule has 0 atom stereocenters. The van der Waals surface area contributed by atoms with E-state index in [1.807, 2.05) is 47.8 Å². The topological polar surface area (TPSA) is 42.0 Å². The van der Waals surface area contributed by atoms with Crippen LogP contribution in [-0.4, -0.2) is 16.6 Å². The Hall–Kier alpha value is -2.63. The molecule has 0 unspecified atom stereocenters. The van der Waals surface area contributed by atoms with E-state index in [1.54, 1.807) is 11.8 Å². The van der Waals surface area contributed by atoms with Crippen molar-refractivity contribution in [2.75, 3.05) is 11.1 Å². The molecule has 1 aromatic heterocycles. The summed E-state index contributed by atoms with van der Waals surface area (Å²) in [5.41, 5.74) is 2.64. The number of carbonyl (C=O) groups is 1. The fourth-order valence-corrected chi connectivity index (χ4v) is 4.51. The molecule has 0 fully saturated rings. The Bertz CT molecular complexity index is 1100. The third-order valence-corrected chi connectivity index (χ3v) is 5.94. The number of anilines is 1. The van der Waals surface area contributed by atoms with Crippen molar-refractivity contribution in [1.82, 2.24) is 4.98 Å². The minimum Gasteiger partial charge on any atom is -0.298 e. The number of aromatic nitrogens is 1. The molecule has 1 heterocycles. The number of rotatable bonds is 5. The van der Waals surface area contributed by atoms with Crippen LogP contribution in [0.15, 0.2) is 77.0 Å². The van der Waals surface area contributed by atoms with Gasteiger partial charge in [-0.15, -0.1) is 23.1 Å². The van der Waals surface area contributed by atoms with Crippen molar-refractivity contribution >= 4 is 44.9 Å². The Balaban J connectivity index is 1.61. The molecule has 5 heteroatoms. The van der Waals surface area contributed by atoms with E-state index >= 15 is 0 Å². The van der Waals surface area contributed by atoms with Gasteiger partial charge in [-0.25, -0.2) is 4.98 Å². The number of amides is 1. The molecule has 0 aliphatic heterocycles. The molecule has 1 amide bonds. The summed E-state index contributed by atoms with van der Waals surface area (Å²) in [7, 11) is 0. The molecule has 1 N–H and O–H groups in total. The monoisotopic (exact) mass is 390 g/mol. The second kappa shape index (κ2) is 7.94. The van der Waals surface area contributed by atoms with Crippen molar-refractivity contribution in [2.24, 2.45) is 0 Å². The zero-order valence-electron chi connectivity index (χ0n) is 14.8. The number of hydrogen-bond acceptors (Lipinski definition) is 4. The SMILES string of the molecule is CCSc1ccccc1C(=O)Nc1nc(-c2cccc3ccccc23)cs1. The molecule has 0 aliphatic rings. The van der Waals surface area contributed by atoms with Gasteiger partial charge in [0.2, 0.25) is 0 Å². The van der Waals surface area contributed by atoms with Gasteiger partial charge in [-0.1, -0.05) is 61.5 Å². The van der Waals surface area contributed by atoms with Crippen LogP contribution in [0, 0.1) is 0 Å². The minimum atomic E-state index is -0.120. The Morgan fingerprint density at radius 3 is 2.70 bits per heavy atom. The smallest absolute Gasteiger partial charge is 0.258 e. The molecule has 4 rings (SSSR count). The number of hydrogen-bond donors (Lipinski definition) is 1. The van der Waals surface area contributed by atoms with Gasteiger partial charge in [0.1, 0.15) is 0 Å². The number of carbonyl (C=O) groups excluding carboxylic acids is 1. The first-order chi connectivity index (χ1) is 13.3. The van der Waals surface area contributed by atoms with E-state index < -0.39 is 0 Å². The molecule has 134 valence electrons. The average Bonchev–Trinajstić information content (AvgIpc) is 3.16. The summed E-state index contributed by atoms with van der Waals surface area (Å²) >= 11 is 3.11. The summed E-state index contributed by atoms with van der Waals surface area (Å²) in [5, 5.41) is 7.89. The number of benzene rings is 3. The zero-order valence-corrected chi connectivity index (χ0v) is 16.4. The number of nitrogens with one attached hydrogen (secondary N) is 1. The van der Waals surface area contributed by atoms with Crippen molar-refractivity contribution < 1.29 is 4.79 Å². The summed E-state index contributed by atoms with van der Waals surface area (Å²) in [6.45, 7) is 2.08. The quantitative estimate of drug-likeness (QED) is 0.405. The van der Waals surface area contributed by atoms with E-state index in [0.29, 0.717) is 10.7 Å². The predicted molar refractivity (Wildman–Crippen MR) is 116 cm³/mol. The maximum atomic E-state index is 12.7. The third kappa shape index (κ3) is 3.75. The van der Waals surface area contributed by atoms with Crippen LogP contribution in [0.1, 0.15) is 17.3 Å². The van der Waals surface area contributed by atoms with Crippen molar-refractivity contribution in [3.05, 3.63) is 77.7 Å². The summed E-state index contributed by atoms with van der Waals surface area (Å²) in [4.78, 5) is 18.4. The molecule has 4 aromatic rings. The summed E-state index contributed by atoms with van der Waals surface area (Å²) in [5.74, 6) is 0.803. The van der Waals surface area contributed by atoms with E-state index in [1.165, 1.54) is 16.7 Å². The summed E-state index contributed by atoms with van der Waals surface area (Å²) in [6, 6.07) is 22.1. The normalized spacial score (nSPS) is 10.9. The van der Waals surface area contributed by atoms with Gasteiger partial charge in [0.15, 0.2) is 5.13 Å². The van der Waals surface area contributed by atoms with Gasteiger partial charge < -0.3 is 0 Å². The highest BCUT2D eigenvalue weighted by atomic mass is 32.2. The second-order valence-electron chi connectivity index (χ2n) is 5.95. The average molecular weight is 391 g/mol. The minimum absolute atomic E-state index is 0.120. The fourth-order valence-electron chi connectivity index (χ4n) is 3.00. The highest BCUT2D eigenvalue weighted by Crippen LogP contribution is 2.31. The van der Waals surface area contributed by atoms with Crippen LogP contribution in [0.2, 0.25) is 0 Å². The first-order valence-corrected chi connectivity index (χ1v) is 10.6. The zero-order chi connectivity index (χ0) is 18.6. The van der Waals surface area contributed by atoms with Crippen LogP contribution in [-0.2, 0) is 0 Å². The van der Waals surface area contributed by atoms with Gasteiger partial charge in [-0.3, -0.25) is 10.1 Å². The maximum Gasteiger partial charge on any atom is 0.258 e. The van der Waals surface area contributed by atoms with Crippen LogP contribution in [0.3, 0.4) is 0 Å². The van der Waals surface area contributed by atoms with Crippen molar-refractivity contribution in [3.63, 3.8) is 0 Å². The number of thioether (sulfide) groups is 1. The van der Waals surface area contributed by atoms with Crippen molar-refractivity contribution in [2.45, 2.75) is 11.8 Å². The predicted octanol–water partition coefficient (Wildman–Crippen LogP) is 6.33. The maximum absolute atomic E-state index is 12.7. The first kappa shape index (κ1) is 17.8. The van der Waals surface area contributed by atoms with Crippen molar-refractivity contribution in [1.29, 1.82) is 0 Å². The van der Waals surface area contributed by atoms with Gasteiger partial charge >= 0.3 is 0 Å². The Kier molecular flexibility index (Phi) is 5.23. The molecule has 3 nitrogen and oxygen atoms in total. The molecule has 3 aromatic carbocycles. The van der Waals surface area contributed by atoms with Crippen LogP contribution in [0.5, 0.6) is 0 Å². The molecule has 0 bridgehead atoms. The third-order valence-electron chi connectivity index (χ3n) is 4.22. The lowest BCUT2D eigenvalue weighted by Gasteiger charge is -2.07. The summed E-state index contributed by atoms with van der Waals surface area (Å²) < 4.78 is 0. The van der Waals surface area contributed by atoms with Gasteiger partial charge in [-0.2, -0.15) is 0 Å². The van der Waals surface area contributed by atoms with Crippen LogP contribution in [0.25, 0.3) is 22.0 Å². The molecule has 0 saturated heterocycles. The number of nitrogens with zero attached hydrogens (tertiary/aromatic N) is 1. The molecule has 0 saturated carbocycles. The molecule has 27 heavy (non-hydrogen) atoms. The number of thiazole rings is 1. The van der Waals surface area contributed by atoms with E-state index in [2.05, 4.69) is 41.5 Å². The van der Waals surface area contributed by atoms with Gasteiger partial charge in [0.25, 0.3) is 5.91 Å². The lowest BCUT2D eigenvalue weighted by Crippen LogP contribution is -2.12. The second-order valence-corrected chi connectivity index (χ2v) is 8.11. The van der Waals surface area contributed by atoms with Crippen LogP contribution < -0.4 is 5.32 Å². The lowest BCUT2D eigenvalue weighted by molar-refractivity contribution is 0.102. The molecule has 0 radical (unpaired) electrons. The number of fused-ring (bicyclic) bond motifs is 1. The molecule has 0 aliphatic carbocycles. The van der Waals surface area contributed by atoms with E-state index in [0.717, 1.165) is 27.3 Å². The molecular weight excluding hydrogens is 372 g/mol. The van der Waals surface area contributed by atoms with Gasteiger partial charge in [0.05, 0.1) is 11.3 Å². The van der Waals surface area contributed by atoms with E-state index in [-0.39, 0.29) is 5.91 Å². The lowest BCUT2D eigenvalue weighted by atomic mass is 10.0. The first-order valence-electron chi connectivity index (χ1n) is 8.73. The molecular formula is C22H18N2OS2. The standard InChI is InChI=1S/C22H18N2OS2/c1-2-26-20-13-6-5-11-18(20)21(25)24-22-23-19(14-27-22)17-12-7-9-15-8-3-4-10-16(15)17/h3-14H,2H2,1H3,(H,23,24,25). The van der Waals surface area contributed by atoms with Gasteiger partial charge in [-0.05, 0) is 28.7 Å². The Morgan fingerprint density at radius 2 is 1.81 bits per heavy atom. The molecule has 0 spiro atoms. The van der Waals surface area contributed by atoms with E-state index in [4.69, 9.17) is 0 Å². The van der Waals surface area contributed by atoms with Crippen molar-refractivity contribution in [3.8, 4) is 11.3 Å². The highest BCUT2D eigenvalue weighted by molar-refractivity contribution is 7.99. The van der Waals surface area contributed by atoms with Crippen LogP contribution in [0.4, 0.5) is 5.13 Å². The largest absolute Gasteiger partial charge is 0.298 e. The van der Waals surface area contributed by atoms with E-state index in [9.17, 15) is 4.79 Å². The Labute approximate surface area is 166 Å². The fraction of sp³-hybridized carbons (Fsp3) is 0.0909.